The molecule has 8 nitrogen and oxygen atoms in total. The van der Waals surface area contributed by atoms with Crippen molar-refractivity contribution < 1.29 is 23.8 Å². The molecule has 2 fully saturated rings. The van der Waals surface area contributed by atoms with Crippen LogP contribution in [0, 0.1) is 5.92 Å². The number of hydrogen-bond acceptors (Lipinski definition) is 6. The number of piperazine rings is 1. The lowest BCUT2D eigenvalue weighted by Crippen LogP contribution is -2.52. The maximum absolute atomic E-state index is 13.5. The summed E-state index contributed by atoms with van der Waals surface area (Å²) in [6, 6.07) is 24.7. The summed E-state index contributed by atoms with van der Waals surface area (Å²) < 4.78 is 16.2. The number of piperidine rings is 1. The van der Waals surface area contributed by atoms with Crippen molar-refractivity contribution in [1.82, 2.24) is 14.7 Å². The second-order valence-corrected chi connectivity index (χ2v) is 10.6. The van der Waals surface area contributed by atoms with E-state index in [1.54, 1.807) is 12.1 Å². The Kier molecular flexibility index (Phi) is 9.09. The Hall–Kier alpha value is -4.04. The Morgan fingerprint density at radius 3 is 1.66 bits per heavy atom. The molecule has 2 aliphatic heterocycles. The van der Waals surface area contributed by atoms with Gasteiger partial charge in [0.2, 0.25) is 11.7 Å². The minimum Gasteiger partial charge on any atom is -0.493 e. The van der Waals surface area contributed by atoms with Gasteiger partial charge in [0.15, 0.2) is 11.5 Å². The van der Waals surface area contributed by atoms with E-state index in [1.165, 1.54) is 32.5 Å². The van der Waals surface area contributed by atoms with Gasteiger partial charge in [0, 0.05) is 50.7 Å². The van der Waals surface area contributed by atoms with Gasteiger partial charge in [-0.2, -0.15) is 0 Å². The molecule has 5 rings (SSSR count). The second-order valence-electron chi connectivity index (χ2n) is 10.6. The molecule has 3 aromatic rings. The predicted molar refractivity (Wildman–Crippen MR) is 158 cm³/mol. The summed E-state index contributed by atoms with van der Waals surface area (Å²) in [7, 11) is 4.60. The van der Waals surface area contributed by atoms with Crippen molar-refractivity contribution in [3.63, 3.8) is 0 Å². The molecule has 2 aliphatic rings. The number of likely N-dealkylation sites (tertiary alicyclic amines) is 1. The van der Waals surface area contributed by atoms with Gasteiger partial charge in [-0.05, 0) is 36.1 Å². The van der Waals surface area contributed by atoms with Crippen molar-refractivity contribution in [2.75, 3.05) is 60.6 Å². The largest absolute Gasteiger partial charge is 0.493 e. The van der Waals surface area contributed by atoms with Crippen LogP contribution in [0.4, 0.5) is 0 Å². The van der Waals surface area contributed by atoms with Gasteiger partial charge in [0.1, 0.15) is 0 Å². The van der Waals surface area contributed by atoms with Gasteiger partial charge in [-0.15, -0.1) is 0 Å². The van der Waals surface area contributed by atoms with Crippen LogP contribution in [0.25, 0.3) is 0 Å². The molecular formula is C33H39N3O5. The summed E-state index contributed by atoms with van der Waals surface area (Å²) in [4.78, 5) is 33.1. The quantitative estimate of drug-likeness (QED) is 0.406. The minimum absolute atomic E-state index is 0.0652. The second kappa shape index (κ2) is 13.1. The fourth-order valence-electron chi connectivity index (χ4n) is 6.06. The van der Waals surface area contributed by atoms with E-state index in [0.29, 0.717) is 61.8 Å². The molecule has 0 bridgehead atoms. The average Bonchev–Trinajstić information content (AvgIpc) is 3.05. The summed E-state index contributed by atoms with van der Waals surface area (Å²) in [6.07, 6.45) is 1.32. The van der Waals surface area contributed by atoms with Crippen molar-refractivity contribution in [3.05, 3.63) is 89.5 Å². The molecule has 216 valence electrons. The zero-order valence-electron chi connectivity index (χ0n) is 24.1. The molecular weight excluding hydrogens is 518 g/mol. The molecule has 2 saturated heterocycles. The highest BCUT2D eigenvalue weighted by Gasteiger charge is 2.34. The van der Waals surface area contributed by atoms with Crippen molar-refractivity contribution in [2.45, 2.75) is 18.9 Å². The third-order valence-corrected chi connectivity index (χ3v) is 8.26. The van der Waals surface area contributed by atoms with E-state index in [4.69, 9.17) is 14.2 Å². The Balaban J connectivity index is 1.18. The van der Waals surface area contributed by atoms with E-state index >= 15 is 0 Å². The van der Waals surface area contributed by atoms with Crippen LogP contribution in [-0.4, -0.2) is 87.1 Å². The molecule has 0 saturated carbocycles. The molecule has 2 heterocycles. The number of carbonyl (C=O) groups excluding carboxylic acids is 2. The van der Waals surface area contributed by atoms with Gasteiger partial charge < -0.3 is 24.0 Å². The predicted octanol–water partition coefficient (Wildman–Crippen LogP) is 4.50. The van der Waals surface area contributed by atoms with Gasteiger partial charge in [-0.3, -0.25) is 14.5 Å². The Morgan fingerprint density at radius 1 is 0.683 bits per heavy atom. The summed E-state index contributed by atoms with van der Waals surface area (Å²) in [5.41, 5.74) is 3.01. The van der Waals surface area contributed by atoms with E-state index in [1.807, 2.05) is 21.9 Å². The van der Waals surface area contributed by atoms with Crippen LogP contribution >= 0.6 is 0 Å². The highest BCUT2D eigenvalue weighted by Crippen LogP contribution is 2.39. The van der Waals surface area contributed by atoms with Gasteiger partial charge >= 0.3 is 0 Å². The summed E-state index contributed by atoms with van der Waals surface area (Å²) in [6.45, 7) is 4.13. The van der Waals surface area contributed by atoms with Crippen LogP contribution in [-0.2, 0) is 4.79 Å². The fraction of sp³-hybridized carbons (Fsp3) is 0.394. The SMILES string of the molecule is COc1cc(C(=O)N2CCC(C(=O)N3CCN(C(c4ccccc4)c4ccccc4)CC3)CC2)cc(OC)c1OC. The first kappa shape index (κ1) is 28.5. The number of benzene rings is 3. The monoisotopic (exact) mass is 557 g/mol. The molecule has 8 heteroatoms. The van der Waals surface area contributed by atoms with Crippen LogP contribution in [0.15, 0.2) is 72.8 Å². The van der Waals surface area contributed by atoms with Crippen LogP contribution < -0.4 is 14.2 Å². The van der Waals surface area contributed by atoms with Crippen molar-refractivity contribution in [2.24, 2.45) is 5.92 Å². The zero-order chi connectivity index (χ0) is 28.8. The van der Waals surface area contributed by atoms with E-state index in [9.17, 15) is 9.59 Å². The van der Waals surface area contributed by atoms with Crippen LogP contribution in [0.5, 0.6) is 17.2 Å². The number of rotatable bonds is 8. The molecule has 0 unspecified atom stereocenters. The topological polar surface area (TPSA) is 71.6 Å². The number of hydrogen-bond donors (Lipinski definition) is 0. The molecule has 0 radical (unpaired) electrons. The van der Waals surface area contributed by atoms with Crippen LogP contribution in [0.1, 0.15) is 40.4 Å². The number of carbonyl (C=O) groups is 2. The first-order valence-corrected chi connectivity index (χ1v) is 14.3. The third-order valence-electron chi connectivity index (χ3n) is 8.26. The van der Waals surface area contributed by atoms with Gasteiger partial charge in [0.25, 0.3) is 5.91 Å². The number of ether oxygens (including phenoxy) is 3. The number of amides is 2. The summed E-state index contributed by atoms with van der Waals surface area (Å²) >= 11 is 0. The normalized spacial score (nSPS) is 16.5. The van der Waals surface area contributed by atoms with Gasteiger partial charge in [0.05, 0.1) is 27.4 Å². The number of nitrogens with zero attached hydrogens (tertiary/aromatic N) is 3. The van der Waals surface area contributed by atoms with E-state index in [2.05, 4.69) is 53.4 Å². The summed E-state index contributed by atoms with van der Waals surface area (Å²) in [5.74, 6) is 1.39. The van der Waals surface area contributed by atoms with Crippen molar-refractivity contribution in [3.8, 4) is 17.2 Å². The van der Waals surface area contributed by atoms with Crippen LogP contribution in [0.3, 0.4) is 0 Å². The van der Waals surface area contributed by atoms with Crippen molar-refractivity contribution in [1.29, 1.82) is 0 Å². The highest BCUT2D eigenvalue weighted by atomic mass is 16.5. The average molecular weight is 558 g/mol. The first-order chi connectivity index (χ1) is 20.0. The zero-order valence-corrected chi connectivity index (χ0v) is 24.1. The Bertz CT molecular complexity index is 1250. The van der Waals surface area contributed by atoms with Gasteiger partial charge in [-0.25, -0.2) is 0 Å². The van der Waals surface area contributed by atoms with E-state index < -0.39 is 0 Å². The van der Waals surface area contributed by atoms with Crippen molar-refractivity contribution >= 4 is 11.8 Å². The first-order valence-electron chi connectivity index (χ1n) is 14.3. The van der Waals surface area contributed by atoms with Gasteiger partial charge in [-0.1, -0.05) is 60.7 Å². The molecule has 0 N–H and O–H groups in total. The maximum atomic E-state index is 13.5. The molecule has 0 atom stereocenters. The molecule has 0 spiro atoms. The standard InChI is InChI=1S/C33H39N3O5/c1-39-28-22-27(23-29(40-2)31(28)41-3)33(38)35-16-14-26(15-17-35)32(37)36-20-18-34(19-21-36)30(24-10-6-4-7-11-24)25-12-8-5-9-13-25/h4-13,22-23,26,30H,14-21H2,1-3H3. The molecule has 0 aliphatic carbocycles. The van der Waals surface area contributed by atoms with E-state index in [0.717, 1.165) is 13.1 Å². The fourth-order valence-corrected chi connectivity index (χ4v) is 6.06. The minimum atomic E-state index is -0.100. The highest BCUT2D eigenvalue weighted by molar-refractivity contribution is 5.96. The molecule has 3 aromatic carbocycles. The molecule has 41 heavy (non-hydrogen) atoms. The summed E-state index contributed by atoms with van der Waals surface area (Å²) in [5, 5.41) is 0. The lowest BCUT2D eigenvalue weighted by atomic mass is 9.93. The Labute approximate surface area is 242 Å². The van der Waals surface area contributed by atoms with E-state index in [-0.39, 0.29) is 23.8 Å². The molecule has 0 aromatic heterocycles. The smallest absolute Gasteiger partial charge is 0.254 e. The molecule has 2 amide bonds. The maximum Gasteiger partial charge on any atom is 0.254 e. The Morgan fingerprint density at radius 2 is 1.20 bits per heavy atom. The lowest BCUT2D eigenvalue weighted by Gasteiger charge is -2.41. The van der Waals surface area contributed by atoms with Crippen LogP contribution in [0.2, 0.25) is 0 Å². The third kappa shape index (κ3) is 6.17. The number of methoxy groups -OCH3 is 3. The lowest BCUT2D eigenvalue weighted by molar-refractivity contribution is -0.139.